The van der Waals surface area contributed by atoms with E-state index in [9.17, 15) is 9.90 Å². The standard InChI is InChI=1S/C24H31N3O5/c1-16-3-5-17(6-4-16)15-32-20-10-19(12-25-13-20)27-7-8-31-22(14-27)18-9-21(30-2)23(24(28)29)26-11-18/h9-13,16-17,22H,3-8,14-15H2,1-2H3,(H,28,29). The van der Waals surface area contributed by atoms with Crippen LogP contribution in [0.5, 0.6) is 11.5 Å². The first-order valence-corrected chi connectivity index (χ1v) is 11.2. The van der Waals surface area contributed by atoms with Crippen molar-refractivity contribution < 1.29 is 24.1 Å². The molecule has 1 unspecified atom stereocenters. The fourth-order valence-corrected chi connectivity index (χ4v) is 4.41. The van der Waals surface area contributed by atoms with Crippen molar-refractivity contribution in [2.45, 2.75) is 38.7 Å². The second kappa shape index (κ2) is 10.2. The van der Waals surface area contributed by atoms with Gasteiger partial charge in [-0.05, 0) is 30.7 Å². The maximum atomic E-state index is 11.3. The minimum Gasteiger partial charge on any atom is -0.494 e. The highest BCUT2D eigenvalue weighted by atomic mass is 16.5. The summed E-state index contributed by atoms with van der Waals surface area (Å²) in [5, 5.41) is 9.25. The number of carboxylic acid groups (broad SMARTS) is 1. The van der Waals surface area contributed by atoms with Crippen molar-refractivity contribution in [3.05, 3.63) is 42.0 Å². The third-order valence-electron chi connectivity index (χ3n) is 6.42. The summed E-state index contributed by atoms with van der Waals surface area (Å²) < 4.78 is 17.2. The van der Waals surface area contributed by atoms with Gasteiger partial charge in [-0.2, -0.15) is 0 Å². The summed E-state index contributed by atoms with van der Waals surface area (Å²) in [7, 11) is 1.44. The number of rotatable bonds is 7. The zero-order chi connectivity index (χ0) is 22.5. The fourth-order valence-electron chi connectivity index (χ4n) is 4.41. The third kappa shape index (κ3) is 5.30. The summed E-state index contributed by atoms with van der Waals surface area (Å²) in [4.78, 5) is 21.9. The summed E-state index contributed by atoms with van der Waals surface area (Å²) >= 11 is 0. The zero-order valence-electron chi connectivity index (χ0n) is 18.7. The van der Waals surface area contributed by atoms with E-state index >= 15 is 0 Å². The molecule has 3 heterocycles. The van der Waals surface area contributed by atoms with Gasteiger partial charge in [-0.1, -0.05) is 19.8 Å². The van der Waals surface area contributed by atoms with Gasteiger partial charge in [0.15, 0.2) is 11.4 Å². The molecule has 4 rings (SSSR count). The van der Waals surface area contributed by atoms with Gasteiger partial charge in [-0.15, -0.1) is 0 Å². The van der Waals surface area contributed by atoms with Gasteiger partial charge in [0, 0.05) is 30.9 Å². The van der Waals surface area contributed by atoms with Crippen LogP contribution in [0.25, 0.3) is 0 Å². The number of anilines is 1. The molecule has 0 amide bonds. The highest BCUT2D eigenvalue weighted by molar-refractivity contribution is 5.88. The van der Waals surface area contributed by atoms with Gasteiger partial charge in [-0.3, -0.25) is 4.98 Å². The van der Waals surface area contributed by atoms with Crippen LogP contribution in [0.3, 0.4) is 0 Å². The number of pyridine rings is 2. The van der Waals surface area contributed by atoms with E-state index in [1.807, 2.05) is 12.3 Å². The normalized spacial score (nSPS) is 23.6. The summed E-state index contributed by atoms with van der Waals surface area (Å²) in [6.45, 7) is 4.94. The smallest absolute Gasteiger partial charge is 0.358 e. The summed E-state index contributed by atoms with van der Waals surface area (Å²) in [6, 6.07) is 3.72. The van der Waals surface area contributed by atoms with E-state index in [0.717, 1.165) is 36.1 Å². The van der Waals surface area contributed by atoms with Gasteiger partial charge in [-0.25, -0.2) is 9.78 Å². The molecule has 1 saturated heterocycles. The van der Waals surface area contributed by atoms with Crippen molar-refractivity contribution in [3.63, 3.8) is 0 Å². The molecule has 32 heavy (non-hydrogen) atoms. The topological polar surface area (TPSA) is 94.0 Å². The van der Waals surface area contributed by atoms with Crippen LogP contribution < -0.4 is 14.4 Å². The average molecular weight is 442 g/mol. The van der Waals surface area contributed by atoms with E-state index in [-0.39, 0.29) is 17.5 Å². The third-order valence-corrected chi connectivity index (χ3v) is 6.42. The first-order chi connectivity index (χ1) is 15.5. The van der Waals surface area contributed by atoms with Crippen LogP contribution in [-0.4, -0.2) is 54.5 Å². The Morgan fingerprint density at radius 1 is 1.22 bits per heavy atom. The molecule has 8 nitrogen and oxygen atoms in total. The Hall–Kier alpha value is -2.87. The van der Waals surface area contributed by atoms with Crippen molar-refractivity contribution in [2.24, 2.45) is 11.8 Å². The summed E-state index contributed by atoms with van der Waals surface area (Å²) in [5.41, 5.74) is 1.66. The number of nitrogens with zero attached hydrogens (tertiary/aromatic N) is 3. The quantitative estimate of drug-likeness (QED) is 0.690. The number of ether oxygens (including phenoxy) is 3. The van der Waals surface area contributed by atoms with E-state index in [0.29, 0.717) is 19.1 Å². The van der Waals surface area contributed by atoms with Gasteiger partial charge < -0.3 is 24.2 Å². The molecule has 2 aromatic heterocycles. The number of aromatic carboxylic acids is 1. The summed E-state index contributed by atoms with van der Waals surface area (Å²) in [5.74, 6) is 1.35. The molecule has 2 fully saturated rings. The number of hydrogen-bond acceptors (Lipinski definition) is 7. The lowest BCUT2D eigenvalue weighted by Gasteiger charge is -2.34. The Morgan fingerprint density at radius 2 is 2.03 bits per heavy atom. The Balaban J connectivity index is 1.41. The largest absolute Gasteiger partial charge is 0.494 e. The van der Waals surface area contributed by atoms with E-state index in [4.69, 9.17) is 14.2 Å². The molecule has 2 aromatic rings. The number of carboxylic acids is 1. The second-order valence-corrected chi connectivity index (χ2v) is 8.75. The van der Waals surface area contributed by atoms with Crippen molar-refractivity contribution in [1.29, 1.82) is 0 Å². The lowest BCUT2D eigenvalue weighted by molar-refractivity contribution is 0.0393. The van der Waals surface area contributed by atoms with E-state index in [1.165, 1.54) is 32.8 Å². The summed E-state index contributed by atoms with van der Waals surface area (Å²) in [6.07, 6.45) is 9.94. The Morgan fingerprint density at radius 3 is 2.78 bits per heavy atom. The van der Waals surface area contributed by atoms with Crippen LogP contribution in [0.15, 0.2) is 30.7 Å². The van der Waals surface area contributed by atoms with Crippen LogP contribution in [-0.2, 0) is 4.74 Å². The molecule has 1 saturated carbocycles. The van der Waals surface area contributed by atoms with Crippen molar-refractivity contribution in [3.8, 4) is 11.5 Å². The van der Waals surface area contributed by atoms with Crippen LogP contribution in [0.1, 0.15) is 54.8 Å². The van der Waals surface area contributed by atoms with Crippen LogP contribution in [0.4, 0.5) is 5.69 Å². The lowest BCUT2D eigenvalue weighted by Crippen LogP contribution is -2.38. The van der Waals surface area contributed by atoms with Crippen LogP contribution in [0.2, 0.25) is 0 Å². The second-order valence-electron chi connectivity index (χ2n) is 8.75. The molecule has 1 N–H and O–H groups in total. The highest BCUT2D eigenvalue weighted by Gasteiger charge is 2.25. The molecule has 0 aromatic carbocycles. The van der Waals surface area contributed by atoms with Gasteiger partial charge in [0.1, 0.15) is 11.9 Å². The first kappa shape index (κ1) is 22.3. The van der Waals surface area contributed by atoms with Crippen LogP contribution in [0, 0.1) is 11.8 Å². The van der Waals surface area contributed by atoms with Crippen molar-refractivity contribution >= 4 is 11.7 Å². The number of aromatic nitrogens is 2. The van der Waals surface area contributed by atoms with E-state index < -0.39 is 5.97 Å². The van der Waals surface area contributed by atoms with E-state index in [1.54, 1.807) is 18.5 Å². The van der Waals surface area contributed by atoms with Gasteiger partial charge in [0.05, 0.1) is 38.4 Å². The Labute approximate surface area is 188 Å². The molecular formula is C24H31N3O5. The predicted octanol–water partition coefficient (Wildman–Crippen LogP) is 3.97. The number of methoxy groups -OCH3 is 1. The first-order valence-electron chi connectivity index (χ1n) is 11.2. The molecule has 0 bridgehead atoms. The molecule has 172 valence electrons. The molecule has 1 aliphatic carbocycles. The highest BCUT2D eigenvalue weighted by Crippen LogP contribution is 2.31. The Bertz CT molecular complexity index is 930. The molecule has 0 spiro atoms. The SMILES string of the molecule is COc1cc(C2CN(c3cncc(OCC4CCC(C)CC4)c3)CCO2)cnc1C(=O)O. The molecule has 8 heteroatoms. The number of morpholine rings is 1. The fraction of sp³-hybridized carbons (Fsp3) is 0.542. The molecule has 1 aliphatic heterocycles. The molecule has 1 atom stereocenters. The molecular weight excluding hydrogens is 410 g/mol. The van der Waals surface area contributed by atoms with Gasteiger partial charge in [0.25, 0.3) is 0 Å². The average Bonchev–Trinajstić information content (AvgIpc) is 2.83. The predicted molar refractivity (Wildman–Crippen MR) is 120 cm³/mol. The number of hydrogen-bond donors (Lipinski definition) is 1. The zero-order valence-corrected chi connectivity index (χ0v) is 18.7. The number of carbonyl (C=O) groups is 1. The van der Waals surface area contributed by atoms with E-state index in [2.05, 4.69) is 21.8 Å². The van der Waals surface area contributed by atoms with Gasteiger partial charge in [0.2, 0.25) is 0 Å². The maximum absolute atomic E-state index is 11.3. The van der Waals surface area contributed by atoms with Crippen molar-refractivity contribution in [2.75, 3.05) is 38.3 Å². The maximum Gasteiger partial charge on any atom is 0.358 e. The molecule has 0 radical (unpaired) electrons. The monoisotopic (exact) mass is 441 g/mol. The Kier molecular flexibility index (Phi) is 7.09. The van der Waals surface area contributed by atoms with Crippen LogP contribution >= 0.6 is 0 Å². The molecule has 2 aliphatic rings. The lowest BCUT2D eigenvalue weighted by atomic mass is 9.83. The van der Waals surface area contributed by atoms with Gasteiger partial charge >= 0.3 is 5.97 Å². The minimum absolute atomic E-state index is 0.106. The minimum atomic E-state index is -1.12. The van der Waals surface area contributed by atoms with Crippen molar-refractivity contribution in [1.82, 2.24) is 9.97 Å².